The smallest absolute Gasteiger partial charge is 0.358 e. The zero-order chi connectivity index (χ0) is 31.8. The molecule has 0 amide bonds. The normalized spacial score (nSPS) is 12.0. The van der Waals surface area contributed by atoms with E-state index >= 15 is 0 Å². The Labute approximate surface area is 222 Å². The van der Waals surface area contributed by atoms with Gasteiger partial charge in [-0.2, -0.15) is 35.1 Å². The largest absolute Gasteiger partial charge is 0.453 e. The summed E-state index contributed by atoms with van der Waals surface area (Å²) < 4.78 is 123. The molecule has 2 aromatic rings. The first kappa shape index (κ1) is 35.0. The minimum absolute atomic E-state index is 0.214. The second-order valence-corrected chi connectivity index (χ2v) is 8.26. The van der Waals surface area contributed by atoms with E-state index in [4.69, 9.17) is 0 Å². The predicted molar refractivity (Wildman–Crippen MR) is 117 cm³/mol. The first-order chi connectivity index (χ1) is 18.7. The van der Waals surface area contributed by atoms with Crippen molar-refractivity contribution in [1.82, 2.24) is 9.13 Å². The summed E-state index contributed by atoms with van der Waals surface area (Å²) in [5, 5.41) is 21.4. The fourth-order valence-corrected chi connectivity index (χ4v) is 3.18. The third-order valence-corrected chi connectivity index (χ3v) is 5.18. The third kappa shape index (κ3) is 10.5. The predicted octanol–water partition coefficient (Wildman–Crippen LogP) is 6.19. The van der Waals surface area contributed by atoms with E-state index in [0.717, 1.165) is 29.1 Å². The summed E-state index contributed by atoms with van der Waals surface area (Å²) in [4.78, 5) is 42.3. The van der Waals surface area contributed by atoms with E-state index in [-0.39, 0.29) is 11.1 Å². The Morgan fingerprint density at radius 1 is 0.707 bits per heavy atom. The number of nitro groups is 2. The van der Waals surface area contributed by atoms with Crippen LogP contribution in [0.4, 0.5) is 55.5 Å². The molecule has 41 heavy (non-hydrogen) atoms. The van der Waals surface area contributed by atoms with E-state index in [1.165, 1.54) is 0 Å². The number of alkyl halides is 10. The van der Waals surface area contributed by atoms with Gasteiger partial charge in [0, 0.05) is 19.3 Å². The average molecular weight is 612 g/mol. The van der Waals surface area contributed by atoms with Crippen molar-refractivity contribution in [2.75, 3.05) is 0 Å². The third-order valence-electron chi connectivity index (χ3n) is 5.18. The monoisotopic (exact) mass is 612 g/mol. The summed E-state index contributed by atoms with van der Waals surface area (Å²) in [7, 11) is 0. The van der Waals surface area contributed by atoms with Crippen LogP contribution in [0.25, 0.3) is 0 Å². The molecule has 2 aromatic heterocycles. The number of carbonyl (C=O) groups is 2. The highest BCUT2D eigenvalue weighted by Gasteiger charge is 2.56. The number of ketones is 2. The molecule has 0 saturated carbocycles. The molecule has 10 nitrogen and oxygen atoms in total. The quantitative estimate of drug-likeness (QED) is 0.151. The minimum Gasteiger partial charge on any atom is -0.358 e. The van der Waals surface area contributed by atoms with Crippen molar-refractivity contribution in [3.05, 3.63) is 55.9 Å². The van der Waals surface area contributed by atoms with Crippen LogP contribution in [0, 0.1) is 20.2 Å². The van der Waals surface area contributed by atoms with Gasteiger partial charge in [-0.3, -0.25) is 9.59 Å². The van der Waals surface area contributed by atoms with Crippen LogP contribution in [-0.4, -0.2) is 48.8 Å². The second-order valence-electron chi connectivity index (χ2n) is 8.26. The summed E-state index contributed by atoms with van der Waals surface area (Å²) in [6.45, 7) is -3.62. The molecule has 2 heterocycles. The van der Waals surface area contributed by atoms with E-state index in [9.17, 15) is 73.7 Å². The van der Waals surface area contributed by atoms with Gasteiger partial charge in [-0.25, -0.2) is 17.9 Å². The van der Waals surface area contributed by atoms with E-state index in [2.05, 4.69) is 0 Å². The minimum atomic E-state index is -5.77. The summed E-state index contributed by atoms with van der Waals surface area (Å²) >= 11 is 0. The Hall–Kier alpha value is -4.00. The van der Waals surface area contributed by atoms with Gasteiger partial charge in [0.25, 0.3) is 0 Å². The summed E-state index contributed by atoms with van der Waals surface area (Å²) in [5.74, 6) is -8.23. The molecule has 0 atom stereocenters. The van der Waals surface area contributed by atoms with Gasteiger partial charge in [-0.05, 0) is 22.0 Å². The number of hydrogen-bond donors (Lipinski definition) is 0. The fourth-order valence-electron chi connectivity index (χ4n) is 3.18. The molecular weight excluding hydrogens is 592 g/mol. The molecule has 0 unspecified atom stereocenters. The van der Waals surface area contributed by atoms with Gasteiger partial charge in [0.15, 0.2) is 11.6 Å². The SMILES string of the molecule is O=C(CCC(F)(F)C(F)(F)F)Cn1ccc(C[18F])c1[N+](=O)[O-].O=C(CCC(F)(F)F)Cn1ccc(C[18F])c1[N+](=O)[O-]. The summed E-state index contributed by atoms with van der Waals surface area (Å²) in [5.41, 5.74) is -0.535. The van der Waals surface area contributed by atoms with Crippen LogP contribution >= 0.6 is 0 Å². The average Bonchev–Trinajstić information content (AvgIpc) is 3.44. The molecule has 2 rings (SSSR count). The van der Waals surface area contributed by atoms with Crippen molar-refractivity contribution in [2.24, 2.45) is 0 Å². The van der Waals surface area contributed by atoms with Crippen LogP contribution in [0.5, 0.6) is 0 Å². The van der Waals surface area contributed by atoms with E-state index < -0.39 is 103 Å². The highest BCUT2D eigenvalue weighted by Crippen LogP contribution is 2.39. The number of carbonyl (C=O) groups excluding carboxylic acids is 2. The van der Waals surface area contributed by atoms with Gasteiger partial charge in [-0.1, -0.05) is 0 Å². The first-order valence-corrected chi connectivity index (χ1v) is 11.1. The molecule has 20 heteroatoms. The number of aromatic nitrogens is 2. The number of halogens is 10. The number of Topliss-reactive ketones (excluding diaryl/α,β-unsaturated/α-hetero) is 2. The van der Waals surface area contributed by atoms with Gasteiger partial charge in [0.1, 0.15) is 26.4 Å². The van der Waals surface area contributed by atoms with Crippen LogP contribution in [0.15, 0.2) is 24.5 Å². The highest BCUT2D eigenvalue weighted by atomic mass is 19.4. The molecule has 0 N–H and O–H groups in total. The number of hydrogen-bond acceptors (Lipinski definition) is 6. The van der Waals surface area contributed by atoms with Crippen LogP contribution in [-0.2, 0) is 36.0 Å². The lowest BCUT2D eigenvalue weighted by Crippen LogP contribution is -2.36. The molecule has 0 bridgehead atoms. The number of rotatable bonds is 13. The maximum absolute atomic E-state index is 12.7. The molecule has 0 spiro atoms. The van der Waals surface area contributed by atoms with Crippen LogP contribution in [0.1, 0.15) is 36.8 Å². The lowest BCUT2D eigenvalue weighted by atomic mass is 10.1. The number of nitrogens with zero attached hydrogens (tertiary/aromatic N) is 4. The Balaban J connectivity index is 0.000000414. The van der Waals surface area contributed by atoms with Crippen LogP contribution in [0.3, 0.4) is 0 Å². The molecule has 0 saturated heterocycles. The Kier molecular flexibility index (Phi) is 12.0. The summed E-state index contributed by atoms with van der Waals surface area (Å²) in [6.07, 6.45) is -13.0. The van der Waals surface area contributed by atoms with Crippen molar-refractivity contribution in [1.29, 1.82) is 0 Å². The van der Waals surface area contributed by atoms with Gasteiger partial charge in [0.05, 0.1) is 29.9 Å². The Morgan fingerprint density at radius 3 is 1.37 bits per heavy atom. The molecule has 0 radical (unpaired) electrons. The van der Waals surface area contributed by atoms with E-state index in [1.54, 1.807) is 0 Å². The first-order valence-electron chi connectivity index (χ1n) is 11.1. The topological polar surface area (TPSA) is 130 Å². The highest BCUT2D eigenvalue weighted by molar-refractivity contribution is 5.79. The van der Waals surface area contributed by atoms with Crippen molar-refractivity contribution < 1.29 is 63.3 Å². The van der Waals surface area contributed by atoms with Crippen molar-refractivity contribution in [3.8, 4) is 0 Å². The van der Waals surface area contributed by atoms with Crippen LogP contribution < -0.4 is 0 Å². The molecular formula is C21H20F10N4O6. The second kappa shape index (κ2) is 14.1. The van der Waals surface area contributed by atoms with Gasteiger partial charge < -0.3 is 20.2 Å². The zero-order valence-electron chi connectivity index (χ0n) is 20.5. The van der Waals surface area contributed by atoms with Gasteiger partial charge in [-0.15, -0.1) is 0 Å². The van der Waals surface area contributed by atoms with Crippen molar-refractivity contribution in [3.63, 3.8) is 0 Å². The molecule has 0 aliphatic rings. The molecule has 0 aliphatic heterocycles. The lowest BCUT2D eigenvalue weighted by molar-refractivity contribution is -0.392. The molecule has 0 fully saturated rings. The molecule has 0 aromatic carbocycles. The summed E-state index contributed by atoms with van der Waals surface area (Å²) in [6, 6.07) is 2.14. The molecule has 0 aliphatic carbocycles. The molecule has 230 valence electrons. The van der Waals surface area contributed by atoms with Gasteiger partial charge >= 0.3 is 29.9 Å². The Bertz CT molecular complexity index is 1240. The van der Waals surface area contributed by atoms with E-state index in [1.807, 2.05) is 0 Å². The maximum atomic E-state index is 12.7. The van der Waals surface area contributed by atoms with Gasteiger partial charge in [0.2, 0.25) is 0 Å². The fraction of sp³-hybridized carbons (Fsp3) is 0.524. The zero-order valence-corrected chi connectivity index (χ0v) is 20.5. The van der Waals surface area contributed by atoms with Crippen LogP contribution in [0.2, 0.25) is 0 Å². The standard InChI is InChI=1S/C11H10F6N2O3.C10H10F4N2O3/c12-5-7-2-4-18(9(7)19(21)22)6-8(20)1-3-10(13,14)11(15,16)17;11-5-7-2-4-15(9(7)16(18)19)6-8(17)1-3-10(12,13)14/h2,4H,1,3,5-6H2;2,4H,1,3,5-6H2/i12-1;11-1. The van der Waals surface area contributed by atoms with E-state index in [0.29, 0.717) is 4.57 Å². The lowest BCUT2D eigenvalue weighted by Gasteiger charge is -2.18. The van der Waals surface area contributed by atoms with Crippen molar-refractivity contribution >= 4 is 23.2 Å². The van der Waals surface area contributed by atoms with Crippen molar-refractivity contribution in [2.45, 2.75) is 70.4 Å². The maximum Gasteiger partial charge on any atom is 0.453 e. The Morgan fingerprint density at radius 2 is 1.07 bits per heavy atom.